The molecule has 0 amide bonds. The van der Waals surface area contributed by atoms with Crippen molar-refractivity contribution in [2.75, 3.05) is 13.2 Å². The van der Waals surface area contributed by atoms with Crippen LogP contribution >= 0.6 is 11.8 Å². The Morgan fingerprint density at radius 1 is 1.38 bits per heavy atom. The van der Waals surface area contributed by atoms with Crippen LogP contribution in [-0.4, -0.2) is 45.7 Å². The minimum atomic E-state index is -0.991. The van der Waals surface area contributed by atoms with Crippen molar-refractivity contribution >= 4 is 17.7 Å². The molecule has 2 aromatic rings. The summed E-state index contributed by atoms with van der Waals surface area (Å²) < 4.78 is 24.8. The van der Waals surface area contributed by atoms with Gasteiger partial charge in [0.05, 0.1) is 18.8 Å². The molecule has 0 fully saturated rings. The number of carbonyl (C=O) groups is 1. The molecule has 0 bridgehead atoms. The van der Waals surface area contributed by atoms with Gasteiger partial charge in [-0.3, -0.25) is 0 Å². The molecule has 2 atom stereocenters. The molecule has 6 nitrogen and oxygen atoms in total. The maximum atomic E-state index is 13.5. The second-order valence-electron chi connectivity index (χ2n) is 5.88. The van der Waals surface area contributed by atoms with Crippen LogP contribution in [-0.2, 0) is 6.42 Å². The van der Waals surface area contributed by atoms with Crippen LogP contribution < -0.4 is 9.47 Å². The summed E-state index contributed by atoms with van der Waals surface area (Å²) in [6, 6.07) is 6.34. The second kappa shape index (κ2) is 8.35. The lowest BCUT2D eigenvalue weighted by Gasteiger charge is -2.10. The van der Waals surface area contributed by atoms with Gasteiger partial charge < -0.3 is 14.6 Å². The van der Waals surface area contributed by atoms with Crippen molar-refractivity contribution < 1.29 is 23.8 Å². The number of halogens is 1. The van der Waals surface area contributed by atoms with E-state index in [2.05, 4.69) is 9.97 Å². The van der Waals surface area contributed by atoms with Gasteiger partial charge in [0.1, 0.15) is 23.3 Å². The highest BCUT2D eigenvalue weighted by molar-refractivity contribution is 8.00. The number of thioether (sulfide) groups is 1. The Hall–Kier alpha value is -2.35. The minimum absolute atomic E-state index is 0.145. The van der Waals surface area contributed by atoms with E-state index in [0.29, 0.717) is 37.7 Å². The van der Waals surface area contributed by atoms with Crippen LogP contribution in [0.1, 0.15) is 29.3 Å². The fraction of sp³-hybridized carbons (Fsp3) is 0.389. The number of ether oxygens (including phenoxy) is 2. The molecular weight excluding hydrogens is 359 g/mol. The van der Waals surface area contributed by atoms with Gasteiger partial charge in [0.25, 0.3) is 0 Å². The molecule has 138 valence electrons. The van der Waals surface area contributed by atoms with Crippen molar-refractivity contribution in [1.82, 2.24) is 9.97 Å². The SMILES string of the molecule is C[C@@H](F)C1Cc2c(OCCCOc3cccc(C(=O)O)c3)ncnc2S1. The summed E-state index contributed by atoms with van der Waals surface area (Å²) in [5.74, 6) is 0.0118. The van der Waals surface area contributed by atoms with Crippen molar-refractivity contribution in [2.24, 2.45) is 0 Å². The van der Waals surface area contributed by atoms with E-state index in [1.807, 2.05) is 0 Å². The molecule has 1 aromatic heterocycles. The zero-order valence-electron chi connectivity index (χ0n) is 14.2. The topological polar surface area (TPSA) is 81.5 Å². The van der Waals surface area contributed by atoms with Crippen LogP contribution in [0.3, 0.4) is 0 Å². The molecule has 1 aromatic carbocycles. The lowest BCUT2D eigenvalue weighted by Crippen LogP contribution is -2.14. The Labute approximate surface area is 154 Å². The highest BCUT2D eigenvalue weighted by Gasteiger charge is 2.31. The van der Waals surface area contributed by atoms with Crippen molar-refractivity contribution in [2.45, 2.75) is 36.2 Å². The summed E-state index contributed by atoms with van der Waals surface area (Å²) in [4.78, 5) is 19.3. The largest absolute Gasteiger partial charge is 0.493 e. The molecular formula is C18H19FN2O4S. The van der Waals surface area contributed by atoms with Gasteiger partial charge in [-0.1, -0.05) is 17.8 Å². The zero-order chi connectivity index (χ0) is 18.5. The van der Waals surface area contributed by atoms with Gasteiger partial charge in [-0.25, -0.2) is 19.2 Å². The molecule has 1 aliphatic rings. The van der Waals surface area contributed by atoms with E-state index in [0.717, 1.165) is 10.6 Å². The Bertz CT molecular complexity index is 788. The van der Waals surface area contributed by atoms with E-state index >= 15 is 0 Å². The number of aromatic carboxylic acids is 1. The predicted molar refractivity (Wildman–Crippen MR) is 95.0 cm³/mol. The highest BCUT2D eigenvalue weighted by atomic mass is 32.2. The zero-order valence-corrected chi connectivity index (χ0v) is 15.0. The molecule has 0 saturated heterocycles. The Balaban J connectivity index is 1.47. The number of hydrogen-bond acceptors (Lipinski definition) is 6. The van der Waals surface area contributed by atoms with E-state index in [4.69, 9.17) is 14.6 Å². The molecule has 0 saturated carbocycles. The maximum absolute atomic E-state index is 13.5. The number of rotatable bonds is 8. The monoisotopic (exact) mass is 378 g/mol. The second-order valence-corrected chi connectivity index (χ2v) is 7.11. The quantitative estimate of drug-likeness (QED) is 0.557. The Morgan fingerprint density at radius 2 is 2.19 bits per heavy atom. The van der Waals surface area contributed by atoms with E-state index in [9.17, 15) is 9.18 Å². The standard InChI is InChI=1S/C18H19FN2O4S/c1-11(19)15-9-14-16(20-10-21-17(14)26-15)25-7-3-6-24-13-5-2-4-12(8-13)18(22)23/h2,4-5,8,10-11,15H,3,6-7,9H2,1H3,(H,22,23)/t11-,15?/m1/s1. The van der Waals surface area contributed by atoms with Crippen LogP contribution in [0, 0.1) is 0 Å². The third-order valence-corrected chi connectivity index (χ3v) is 5.34. The molecule has 1 unspecified atom stereocenters. The van der Waals surface area contributed by atoms with Crippen molar-refractivity contribution in [3.8, 4) is 11.6 Å². The van der Waals surface area contributed by atoms with E-state index in [1.54, 1.807) is 19.1 Å². The third kappa shape index (κ3) is 4.43. The van der Waals surface area contributed by atoms with Gasteiger partial charge in [0.15, 0.2) is 0 Å². The van der Waals surface area contributed by atoms with Gasteiger partial charge in [-0.05, 0) is 31.5 Å². The van der Waals surface area contributed by atoms with E-state index in [-0.39, 0.29) is 10.8 Å². The normalized spacial score (nSPS) is 16.8. The lowest BCUT2D eigenvalue weighted by molar-refractivity contribution is 0.0696. The Kier molecular flexibility index (Phi) is 5.92. The number of alkyl halides is 1. The lowest BCUT2D eigenvalue weighted by atomic mass is 10.1. The average Bonchev–Trinajstić information content (AvgIpc) is 3.07. The number of nitrogens with zero attached hydrogens (tertiary/aromatic N) is 2. The number of fused-ring (bicyclic) bond motifs is 1. The predicted octanol–water partition coefficient (Wildman–Crippen LogP) is 3.40. The number of benzene rings is 1. The molecule has 26 heavy (non-hydrogen) atoms. The molecule has 1 N–H and O–H groups in total. The molecule has 0 aliphatic carbocycles. The van der Waals surface area contributed by atoms with E-state index in [1.165, 1.54) is 30.2 Å². The first kappa shape index (κ1) is 18.4. The summed E-state index contributed by atoms with van der Waals surface area (Å²) >= 11 is 1.42. The third-order valence-electron chi connectivity index (χ3n) is 3.92. The molecule has 8 heteroatoms. The number of aromatic nitrogens is 2. The fourth-order valence-electron chi connectivity index (χ4n) is 2.56. The van der Waals surface area contributed by atoms with Crippen molar-refractivity contribution in [3.63, 3.8) is 0 Å². The number of hydrogen-bond donors (Lipinski definition) is 1. The van der Waals surface area contributed by atoms with Crippen molar-refractivity contribution in [3.05, 3.63) is 41.7 Å². The first-order valence-electron chi connectivity index (χ1n) is 8.28. The smallest absolute Gasteiger partial charge is 0.335 e. The van der Waals surface area contributed by atoms with Gasteiger partial charge in [-0.2, -0.15) is 0 Å². The molecule has 3 rings (SSSR count). The number of carboxylic acids is 1. The van der Waals surface area contributed by atoms with Crippen LogP contribution in [0.4, 0.5) is 4.39 Å². The molecule has 0 spiro atoms. The van der Waals surface area contributed by atoms with Gasteiger partial charge in [0.2, 0.25) is 5.88 Å². The molecule has 2 heterocycles. The summed E-state index contributed by atoms with van der Waals surface area (Å²) in [6.07, 6.45) is 1.68. The first-order valence-corrected chi connectivity index (χ1v) is 9.16. The van der Waals surface area contributed by atoms with E-state index < -0.39 is 12.1 Å². The summed E-state index contributed by atoms with van der Waals surface area (Å²) in [7, 11) is 0. The average molecular weight is 378 g/mol. The minimum Gasteiger partial charge on any atom is -0.493 e. The summed E-state index contributed by atoms with van der Waals surface area (Å²) in [5.41, 5.74) is 1.05. The van der Waals surface area contributed by atoms with Gasteiger partial charge in [-0.15, -0.1) is 0 Å². The van der Waals surface area contributed by atoms with Gasteiger partial charge in [0, 0.05) is 17.2 Å². The highest BCUT2D eigenvalue weighted by Crippen LogP contribution is 2.41. The van der Waals surface area contributed by atoms with Crippen molar-refractivity contribution in [1.29, 1.82) is 0 Å². The fourth-order valence-corrected chi connectivity index (χ4v) is 3.71. The first-order chi connectivity index (χ1) is 12.5. The van der Waals surface area contributed by atoms with Crippen LogP contribution in [0.15, 0.2) is 35.6 Å². The maximum Gasteiger partial charge on any atom is 0.335 e. The van der Waals surface area contributed by atoms with Gasteiger partial charge >= 0.3 is 5.97 Å². The van der Waals surface area contributed by atoms with Crippen LogP contribution in [0.2, 0.25) is 0 Å². The summed E-state index contributed by atoms with van der Waals surface area (Å²) in [5, 5.41) is 9.60. The Morgan fingerprint density at radius 3 is 2.96 bits per heavy atom. The molecule has 0 radical (unpaired) electrons. The van der Waals surface area contributed by atoms with Crippen LogP contribution in [0.25, 0.3) is 0 Å². The molecule has 1 aliphatic heterocycles. The number of carboxylic acid groups (broad SMARTS) is 1. The summed E-state index contributed by atoms with van der Waals surface area (Å²) in [6.45, 7) is 2.33. The van der Waals surface area contributed by atoms with Crippen LogP contribution in [0.5, 0.6) is 11.6 Å².